The van der Waals surface area contributed by atoms with Gasteiger partial charge in [0.2, 0.25) is 11.8 Å². The van der Waals surface area contributed by atoms with E-state index < -0.39 is 6.04 Å². The van der Waals surface area contributed by atoms with Crippen molar-refractivity contribution >= 4 is 50.9 Å². The van der Waals surface area contributed by atoms with Crippen molar-refractivity contribution in [2.75, 3.05) is 5.32 Å². The van der Waals surface area contributed by atoms with Crippen LogP contribution in [0.25, 0.3) is 22.4 Å². The van der Waals surface area contributed by atoms with Crippen molar-refractivity contribution in [3.8, 4) is 11.5 Å². The molecule has 2 aromatic carbocycles. The predicted molar refractivity (Wildman–Crippen MR) is 119 cm³/mol. The molecule has 2 heterocycles. The zero-order valence-electron chi connectivity index (χ0n) is 16.0. The number of nitrogens with zero attached hydrogens (tertiary/aromatic N) is 1. The van der Waals surface area contributed by atoms with Crippen molar-refractivity contribution in [1.29, 1.82) is 0 Å². The zero-order chi connectivity index (χ0) is 21.1. The summed E-state index contributed by atoms with van der Waals surface area (Å²) in [6.07, 6.45) is 0.0702. The summed E-state index contributed by atoms with van der Waals surface area (Å²) in [4.78, 5) is 28.6. The quantitative estimate of drug-likeness (QED) is 0.420. The molecule has 4 rings (SSSR count). The maximum atomic E-state index is 12.6. The third-order valence-electron chi connectivity index (χ3n) is 4.47. The van der Waals surface area contributed by atoms with E-state index in [0.29, 0.717) is 21.6 Å². The summed E-state index contributed by atoms with van der Waals surface area (Å²) in [7, 11) is 0. The first-order valence-corrected chi connectivity index (χ1v) is 10.5. The summed E-state index contributed by atoms with van der Waals surface area (Å²) in [5, 5.41) is 9.48. The van der Waals surface area contributed by atoms with Crippen LogP contribution in [0.2, 0.25) is 5.02 Å². The van der Waals surface area contributed by atoms with E-state index in [-0.39, 0.29) is 18.2 Å². The monoisotopic (exact) mass is 439 g/mol. The molecule has 0 bridgehead atoms. The van der Waals surface area contributed by atoms with Crippen molar-refractivity contribution in [3.05, 3.63) is 70.6 Å². The first kappa shape index (κ1) is 20.1. The number of carbonyl (C=O) groups excluding carboxylic acids is 2. The van der Waals surface area contributed by atoms with Crippen molar-refractivity contribution in [2.24, 2.45) is 0 Å². The number of fused-ring (bicyclic) bond motifs is 1. The van der Waals surface area contributed by atoms with E-state index >= 15 is 0 Å². The predicted octanol–water partition coefficient (Wildman–Crippen LogP) is 5.42. The van der Waals surface area contributed by atoms with E-state index in [2.05, 4.69) is 15.6 Å². The van der Waals surface area contributed by atoms with Gasteiger partial charge in [-0.3, -0.25) is 9.59 Å². The standard InChI is InChI=1S/C22H18ClN3O3S/c1-13(27)24-17(14-6-8-16(23)9-7-14)11-21(28)26-22-25-18(12-30-22)20-10-15-4-2-3-5-19(15)29-20/h2-10,12,17H,11H2,1H3,(H,24,27)(H,25,26,28). The molecule has 152 valence electrons. The van der Waals surface area contributed by atoms with Gasteiger partial charge in [0.05, 0.1) is 12.5 Å². The molecule has 0 saturated heterocycles. The Balaban J connectivity index is 1.46. The SMILES string of the molecule is CC(=O)NC(CC(=O)Nc1nc(-c2cc3ccccc3o2)cs1)c1ccc(Cl)cc1. The van der Waals surface area contributed by atoms with Gasteiger partial charge in [-0.15, -0.1) is 11.3 Å². The Bertz CT molecular complexity index is 1170. The van der Waals surface area contributed by atoms with Crippen LogP contribution < -0.4 is 10.6 Å². The summed E-state index contributed by atoms with van der Waals surface area (Å²) in [6, 6.07) is 16.2. The second-order valence-electron chi connectivity index (χ2n) is 6.74. The van der Waals surface area contributed by atoms with Crippen LogP contribution in [0.4, 0.5) is 5.13 Å². The molecule has 2 N–H and O–H groups in total. The molecule has 0 radical (unpaired) electrons. The molecule has 0 aliphatic carbocycles. The van der Waals surface area contributed by atoms with Crippen molar-refractivity contribution in [2.45, 2.75) is 19.4 Å². The van der Waals surface area contributed by atoms with Crippen LogP contribution in [0.15, 0.2) is 64.4 Å². The molecule has 0 saturated carbocycles. The number of amides is 2. The molecule has 1 atom stereocenters. The molecule has 4 aromatic rings. The number of halogens is 1. The zero-order valence-corrected chi connectivity index (χ0v) is 17.6. The molecular formula is C22H18ClN3O3S. The first-order valence-electron chi connectivity index (χ1n) is 9.25. The normalized spacial score (nSPS) is 11.9. The topological polar surface area (TPSA) is 84.2 Å². The van der Waals surface area contributed by atoms with Crippen LogP contribution >= 0.6 is 22.9 Å². The number of anilines is 1. The summed E-state index contributed by atoms with van der Waals surface area (Å²) in [6.45, 7) is 1.42. The van der Waals surface area contributed by atoms with Crippen LogP contribution in [0.3, 0.4) is 0 Å². The number of aromatic nitrogens is 1. The Morgan fingerprint density at radius 3 is 2.67 bits per heavy atom. The van der Waals surface area contributed by atoms with Crippen LogP contribution in [0.1, 0.15) is 24.9 Å². The van der Waals surface area contributed by atoms with E-state index in [1.54, 1.807) is 24.3 Å². The maximum Gasteiger partial charge on any atom is 0.228 e. The Morgan fingerprint density at radius 1 is 1.17 bits per heavy atom. The van der Waals surface area contributed by atoms with Crippen LogP contribution in [-0.2, 0) is 9.59 Å². The van der Waals surface area contributed by atoms with Gasteiger partial charge in [-0.2, -0.15) is 0 Å². The summed E-state index contributed by atoms with van der Waals surface area (Å²) in [5.41, 5.74) is 2.24. The van der Waals surface area contributed by atoms with Gasteiger partial charge in [-0.25, -0.2) is 4.98 Å². The fourth-order valence-corrected chi connectivity index (χ4v) is 3.94. The second kappa shape index (κ2) is 8.69. The lowest BCUT2D eigenvalue weighted by Crippen LogP contribution is -2.29. The lowest BCUT2D eigenvalue weighted by molar-refractivity contribution is -0.120. The van der Waals surface area contributed by atoms with Gasteiger partial charge in [0, 0.05) is 22.7 Å². The summed E-state index contributed by atoms with van der Waals surface area (Å²) >= 11 is 7.25. The van der Waals surface area contributed by atoms with Gasteiger partial charge < -0.3 is 15.1 Å². The molecule has 30 heavy (non-hydrogen) atoms. The van der Waals surface area contributed by atoms with Crippen molar-refractivity contribution in [3.63, 3.8) is 0 Å². The molecule has 1 unspecified atom stereocenters. The third kappa shape index (κ3) is 4.69. The maximum absolute atomic E-state index is 12.6. The fraction of sp³-hybridized carbons (Fsp3) is 0.136. The molecule has 8 heteroatoms. The molecule has 0 aliphatic heterocycles. The van der Waals surface area contributed by atoms with Gasteiger partial charge in [0.25, 0.3) is 0 Å². The number of carbonyl (C=O) groups is 2. The fourth-order valence-electron chi connectivity index (χ4n) is 3.10. The van der Waals surface area contributed by atoms with Crippen LogP contribution in [-0.4, -0.2) is 16.8 Å². The third-order valence-corrected chi connectivity index (χ3v) is 5.48. The average Bonchev–Trinajstić information content (AvgIpc) is 3.34. The smallest absolute Gasteiger partial charge is 0.228 e. The highest BCUT2D eigenvalue weighted by molar-refractivity contribution is 7.14. The number of hydrogen-bond donors (Lipinski definition) is 2. The molecule has 0 aliphatic rings. The lowest BCUT2D eigenvalue weighted by atomic mass is 10.0. The molecule has 2 amide bonds. The number of nitrogens with one attached hydrogen (secondary N) is 2. The highest BCUT2D eigenvalue weighted by Gasteiger charge is 2.19. The van der Waals surface area contributed by atoms with E-state index in [4.69, 9.17) is 16.0 Å². The highest BCUT2D eigenvalue weighted by Crippen LogP contribution is 2.30. The number of thiazole rings is 1. The Labute approximate surface area is 181 Å². The minimum absolute atomic E-state index is 0.0702. The second-order valence-corrected chi connectivity index (χ2v) is 8.04. The van der Waals surface area contributed by atoms with E-state index in [9.17, 15) is 9.59 Å². The largest absolute Gasteiger partial charge is 0.454 e. The number of benzene rings is 2. The van der Waals surface area contributed by atoms with E-state index in [1.807, 2.05) is 35.7 Å². The van der Waals surface area contributed by atoms with E-state index in [1.165, 1.54) is 18.3 Å². The number of furan rings is 1. The van der Waals surface area contributed by atoms with Gasteiger partial charge >= 0.3 is 0 Å². The Hall–Kier alpha value is -3.16. The summed E-state index contributed by atoms with van der Waals surface area (Å²) < 4.78 is 5.82. The summed E-state index contributed by atoms with van der Waals surface area (Å²) in [5.74, 6) is 0.170. The minimum atomic E-state index is -0.463. The van der Waals surface area contributed by atoms with Gasteiger partial charge in [-0.05, 0) is 29.8 Å². The van der Waals surface area contributed by atoms with Crippen molar-refractivity contribution in [1.82, 2.24) is 10.3 Å². The van der Waals surface area contributed by atoms with Crippen molar-refractivity contribution < 1.29 is 14.0 Å². The number of hydrogen-bond acceptors (Lipinski definition) is 5. The van der Waals surface area contributed by atoms with Crippen LogP contribution in [0.5, 0.6) is 0 Å². The number of para-hydroxylation sites is 1. The van der Waals surface area contributed by atoms with E-state index in [0.717, 1.165) is 16.5 Å². The highest BCUT2D eigenvalue weighted by atomic mass is 35.5. The Morgan fingerprint density at radius 2 is 1.93 bits per heavy atom. The van der Waals surface area contributed by atoms with Gasteiger partial charge in [-0.1, -0.05) is 41.9 Å². The molecule has 2 aromatic heterocycles. The minimum Gasteiger partial charge on any atom is -0.454 e. The lowest BCUT2D eigenvalue weighted by Gasteiger charge is -2.17. The molecule has 6 nitrogen and oxygen atoms in total. The average molecular weight is 440 g/mol. The molecule has 0 fully saturated rings. The van der Waals surface area contributed by atoms with Gasteiger partial charge in [0.15, 0.2) is 10.9 Å². The molecule has 0 spiro atoms. The molecular weight excluding hydrogens is 422 g/mol. The Kier molecular flexibility index (Phi) is 5.83. The van der Waals surface area contributed by atoms with Gasteiger partial charge in [0.1, 0.15) is 11.3 Å². The number of rotatable bonds is 6. The van der Waals surface area contributed by atoms with Crippen LogP contribution in [0, 0.1) is 0 Å². The first-order chi connectivity index (χ1) is 14.5.